The molecule has 4 rings (SSSR count). The Morgan fingerprint density at radius 2 is 1.96 bits per heavy atom. The molecule has 0 saturated heterocycles. The number of hydrogen-bond acceptors (Lipinski definition) is 6. The van der Waals surface area contributed by atoms with Crippen LogP contribution in [0.4, 0.5) is 0 Å². The summed E-state index contributed by atoms with van der Waals surface area (Å²) in [5.74, 6) is 1.64. The van der Waals surface area contributed by atoms with Gasteiger partial charge in [0.1, 0.15) is 0 Å². The van der Waals surface area contributed by atoms with Crippen LogP contribution in [-0.2, 0) is 0 Å². The summed E-state index contributed by atoms with van der Waals surface area (Å²) in [5.41, 5.74) is 0.921. The first kappa shape index (κ1) is 15.9. The topological polar surface area (TPSA) is 60.9 Å². The Morgan fingerprint density at radius 3 is 2.68 bits per heavy atom. The van der Waals surface area contributed by atoms with Crippen LogP contribution in [0.15, 0.2) is 75.8 Å². The maximum absolute atomic E-state index is 12.3. The molecule has 0 fully saturated rings. The van der Waals surface area contributed by atoms with E-state index in [1.165, 1.54) is 23.1 Å². The van der Waals surface area contributed by atoms with Gasteiger partial charge in [-0.2, -0.15) is 0 Å². The normalized spacial score (nSPS) is 10.9. The minimum Gasteiger partial charge on any atom is -0.461 e. The van der Waals surface area contributed by atoms with Crippen LogP contribution in [0.2, 0.25) is 0 Å². The lowest BCUT2D eigenvalue weighted by atomic mass is 10.3. The number of carbonyl (C=O) groups excluding carboxylic acids is 1. The third kappa shape index (κ3) is 3.29. The maximum Gasteiger partial charge on any atom is 0.205 e. The van der Waals surface area contributed by atoms with Gasteiger partial charge in [-0.25, -0.2) is 0 Å². The Balaban J connectivity index is 1.67. The molecule has 0 atom stereocenters. The number of furan rings is 1. The predicted octanol–water partition coefficient (Wildman–Crippen LogP) is 4.56. The number of hydrogen-bond donors (Lipinski definition) is 0. The van der Waals surface area contributed by atoms with Gasteiger partial charge in [0.15, 0.2) is 16.7 Å². The van der Waals surface area contributed by atoms with Crippen molar-refractivity contribution in [2.24, 2.45) is 0 Å². The number of aromatic nitrogens is 3. The van der Waals surface area contributed by atoms with Crippen LogP contribution < -0.4 is 0 Å². The number of benzene rings is 1. The van der Waals surface area contributed by atoms with Crippen molar-refractivity contribution in [3.05, 3.63) is 71.1 Å². The summed E-state index contributed by atoms with van der Waals surface area (Å²) in [5, 5.41) is 11.1. The molecule has 0 unspecified atom stereocenters. The largest absolute Gasteiger partial charge is 0.461 e. The fraction of sp³-hybridized carbons (Fsp3) is 0.0556. The molecular weight excluding hydrogens is 354 g/mol. The van der Waals surface area contributed by atoms with Gasteiger partial charge in [-0.15, -0.1) is 21.5 Å². The molecule has 0 N–H and O–H groups in total. The van der Waals surface area contributed by atoms with Crippen molar-refractivity contribution in [2.75, 3.05) is 5.75 Å². The van der Waals surface area contributed by atoms with Crippen molar-refractivity contribution in [1.29, 1.82) is 0 Å². The van der Waals surface area contributed by atoms with Crippen LogP contribution in [0.3, 0.4) is 0 Å². The van der Waals surface area contributed by atoms with Gasteiger partial charge in [-0.05, 0) is 35.7 Å². The highest BCUT2D eigenvalue weighted by Gasteiger charge is 2.19. The first-order valence-corrected chi connectivity index (χ1v) is 9.43. The molecule has 4 aromatic rings. The van der Waals surface area contributed by atoms with Crippen LogP contribution in [0.25, 0.3) is 17.3 Å². The molecule has 0 radical (unpaired) electrons. The monoisotopic (exact) mass is 367 g/mol. The summed E-state index contributed by atoms with van der Waals surface area (Å²) < 4.78 is 7.39. The van der Waals surface area contributed by atoms with E-state index in [2.05, 4.69) is 10.2 Å². The zero-order valence-corrected chi connectivity index (χ0v) is 14.7. The van der Waals surface area contributed by atoms with Gasteiger partial charge in [0, 0.05) is 5.69 Å². The fourth-order valence-corrected chi connectivity index (χ4v) is 3.97. The average molecular weight is 367 g/mol. The Kier molecular flexibility index (Phi) is 4.49. The summed E-state index contributed by atoms with van der Waals surface area (Å²) >= 11 is 2.82. The molecule has 0 spiro atoms. The number of Topliss-reactive ketones (excluding diaryl/α,β-unsaturated/α-hetero) is 1. The molecule has 25 heavy (non-hydrogen) atoms. The molecule has 0 amide bonds. The van der Waals surface area contributed by atoms with Gasteiger partial charge in [0.05, 0.1) is 16.9 Å². The van der Waals surface area contributed by atoms with Gasteiger partial charge in [0.25, 0.3) is 0 Å². The van der Waals surface area contributed by atoms with Gasteiger partial charge < -0.3 is 4.42 Å². The molecule has 0 aliphatic rings. The SMILES string of the molecule is O=C(CSc1nnc(-c2ccco2)n1-c1ccccc1)c1cccs1. The molecule has 5 nitrogen and oxygen atoms in total. The van der Waals surface area contributed by atoms with Gasteiger partial charge in [0.2, 0.25) is 5.82 Å². The first-order valence-electron chi connectivity index (χ1n) is 7.57. The molecule has 3 heterocycles. The molecule has 0 saturated carbocycles. The summed E-state index contributed by atoms with van der Waals surface area (Å²) in [4.78, 5) is 13.0. The lowest BCUT2D eigenvalue weighted by Gasteiger charge is -2.08. The lowest BCUT2D eigenvalue weighted by molar-refractivity contribution is 0.102. The van der Waals surface area contributed by atoms with E-state index in [1.54, 1.807) is 6.26 Å². The number of carbonyl (C=O) groups is 1. The van der Waals surface area contributed by atoms with Crippen LogP contribution in [0.5, 0.6) is 0 Å². The number of nitrogens with zero attached hydrogens (tertiary/aromatic N) is 3. The van der Waals surface area contributed by atoms with Crippen molar-refractivity contribution >= 4 is 28.9 Å². The molecular formula is C18H13N3O2S2. The quantitative estimate of drug-likeness (QED) is 0.369. The fourth-order valence-electron chi connectivity index (χ4n) is 2.38. The third-order valence-electron chi connectivity index (χ3n) is 3.52. The number of thiophene rings is 1. The Morgan fingerprint density at radius 1 is 1.08 bits per heavy atom. The van der Waals surface area contributed by atoms with Crippen molar-refractivity contribution in [2.45, 2.75) is 5.16 Å². The van der Waals surface area contributed by atoms with E-state index in [0.717, 1.165) is 10.6 Å². The predicted molar refractivity (Wildman–Crippen MR) is 98.4 cm³/mol. The standard InChI is InChI=1S/C18H13N3O2S2/c22-14(16-9-5-11-24-16)12-25-18-20-19-17(15-8-4-10-23-15)21(18)13-6-2-1-3-7-13/h1-11H,12H2. The average Bonchev–Trinajstić information content (AvgIpc) is 3.41. The van der Waals surface area contributed by atoms with Crippen LogP contribution in [0, 0.1) is 0 Å². The highest BCUT2D eigenvalue weighted by Crippen LogP contribution is 2.28. The third-order valence-corrected chi connectivity index (χ3v) is 5.36. The number of rotatable bonds is 6. The van der Waals surface area contributed by atoms with Gasteiger partial charge in [-0.1, -0.05) is 36.0 Å². The summed E-state index contributed by atoms with van der Waals surface area (Å²) in [7, 11) is 0. The van der Waals surface area contributed by atoms with E-state index < -0.39 is 0 Å². The van der Waals surface area contributed by atoms with Crippen LogP contribution >= 0.6 is 23.1 Å². The summed E-state index contributed by atoms with van der Waals surface area (Å²) in [6.45, 7) is 0. The zero-order chi connectivity index (χ0) is 17.1. The van der Waals surface area contributed by atoms with Crippen molar-refractivity contribution in [3.8, 4) is 17.3 Å². The Labute approximate surface area is 152 Å². The van der Waals surface area contributed by atoms with E-state index >= 15 is 0 Å². The van der Waals surface area contributed by atoms with Crippen LogP contribution in [-0.4, -0.2) is 26.3 Å². The molecule has 0 aliphatic heterocycles. The van der Waals surface area contributed by atoms with Crippen molar-refractivity contribution in [3.63, 3.8) is 0 Å². The summed E-state index contributed by atoms with van der Waals surface area (Å²) in [6, 6.07) is 17.2. The highest BCUT2D eigenvalue weighted by atomic mass is 32.2. The molecule has 0 bridgehead atoms. The van der Waals surface area contributed by atoms with Crippen LogP contribution in [0.1, 0.15) is 9.67 Å². The Hall–Kier alpha value is -2.64. The molecule has 1 aromatic carbocycles. The maximum atomic E-state index is 12.3. The van der Waals surface area contributed by atoms with E-state index in [-0.39, 0.29) is 5.78 Å². The number of para-hydroxylation sites is 1. The second-order valence-corrected chi connectivity index (χ2v) is 7.03. The first-order chi connectivity index (χ1) is 12.3. The molecule has 3 aromatic heterocycles. The van der Waals surface area contributed by atoms with E-state index in [4.69, 9.17) is 4.42 Å². The highest BCUT2D eigenvalue weighted by molar-refractivity contribution is 7.99. The smallest absolute Gasteiger partial charge is 0.205 e. The zero-order valence-electron chi connectivity index (χ0n) is 13.0. The minimum absolute atomic E-state index is 0.0853. The van der Waals surface area contributed by atoms with E-state index in [0.29, 0.717) is 22.5 Å². The van der Waals surface area contributed by atoms with E-state index in [1.807, 2.05) is 64.5 Å². The molecule has 7 heteroatoms. The van der Waals surface area contributed by atoms with Gasteiger partial charge in [-0.3, -0.25) is 9.36 Å². The number of thioether (sulfide) groups is 1. The number of ketones is 1. The molecule has 124 valence electrons. The van der Waals surface area contributed by atoms with Crippen molar-refractivity contribution < 1.29 is 9.21 Å². The summed E-state index contributed by atoms with van der Waals surface area (Å²) in [6.07, 6.45) is 1.60. The lowest BCUT2D eigenvalue weighted by Crippen LogP contribution is -2.03. The van der Waals surface area contributed by atoms with Gasteiger partial charge >= 0.3 is 0 Å². The second-order valence-electron chi connectivity index (χ2n) is 5.14. The van der Waals surface area contributed by atoms with E-state index in [9.17, 15) is 4.79 Å². The second kappa shape index (κ2) is 7.08. The minimum atomic E-state index is 0.0853. The Bertz CT molecular complexity index is 961. The molecule has 0 aliphatic carbocycles. The van der Waals surface area contributed by atoms with Crippen molar-refractivity contribution in [1.82, 2.24) is 14.8 Å².